The van der Waals surface area contributed by atoms with Crippen LogP contribution >= 0.6 is 0 Å². The summed E-state index contributed by atoms with van der Waals surface area (Å²) in [5, 5.41) is 7.48. The van der Waals surface area contributed by atoms with Crippen LogP contribution in [0.3, 0.4) is 0 Å². The number of rotatable bonds is 6. The Morgan fingerprint density at radius 2 is 2.06 bits per heavy atom. The highest BCUT2D eigenvalue weighted by Gasteiger charge is 2.32. The molecule has 1 aromatic rings. The zero-order valence-electron chi connectivity index (χ0n) is 10.4. The summed E-state index contributed by atoms with van der Waals surface area (Å²) in [6.07, 6.45) is 2.65. The molecule has 0 aromatic heterocycles. The maximum atomic E-state index is 7.48. The molecule has 1 unspecified atom stereocenters. The molecule has 1 aliphatic rings. The van der Waals surface area contributed by atoms with Crippen molar-refractivity contribution in [3.63, 3.8) is 0 Å². The predicted octanol–water partition coefficient (Wildman–Crippen LogP) is 2.22. The van der Waals surface area contributed by atoms with E-state index in [1.54, 1.807) is 0 Å². The van der Waals surface area contributed by atoms with Crippen LogP contribution in [-0.2, 0) is 6.54 Å². The monoisotopic (exact) mass is 231 g/mol. The maximum absolute atomic E-state index is 7.48. The standard InChI is InChI=1S/C14H21N3/c1-11(13-7-8-13)17(10-14(15)16)9-12-5-3-2-4-6-12/h2-6,11,13H,7-10H2,1H3,(H3,15,16). The number of nitrogens with two attached hydrogens (primary N) is 1. The number of benzene rings is 1. The third-order valence-corrected chi connectivity index (χ3v) is 3.48. The van der Waals surface area contributed by atoms with Gasteiger partial charge in [0, 0.05) is 12.6 Å². The Morgan fingerprint density at radius 3 is 2.59 bits per heavy atom. The molecular weight excluding hydrogens is 210 g/mol. The van der Waals surface area contributed by atoms with Crippen LogP contribution in [0.15, 0.2) is 30.3 Å². The molecule has 1 aromatic carbocycles. The zero-order valence-corrected chi connectivity index (χ0v) is 10.4. The van der Waals surface area contributed by atoms with Crippen molar-refractivity contribution < 1.29 is 0 Å². The first-order valence-electron chi connectivity index (χ1n) is 6.27. The molecule has 3 N–H and O–H groups in total. The Balaban J connectivity index is 2.01. The van der Waals surface area contributed by atoms with E-state index in [9.17, 15) is 0 Å². The van der Waals surface area contributed by atoms with Crippen molar-refractivity contribution in [3.05, 3.63) is 35.9 Å². The van der Waals surface area contributed by atoms with Gasteiger partial charge in [-0.1, -0.05) is 30.3 Å². The van der Waals surface area contributed by atoms with E-state index in [1.807, 2.05) is 6.07 Å². The molecule has 0 amide bonds. The van der Waals surface area contributed by atoms with Gasteiger partial charge in [-0.15, -0.1) is 0 Å². The molecular formula is C14H21N3. The fourth-order valence-corrected chi connectivity index (χ4v) is 2.26. The van der Waals surface area contributed by atoms with Gasteiger partial charge < -0.3 is 5.73 Å². The highest BCUT2D eigenvalue weighted by Crippen LogP contribution is 2.35. The Hall–Kier alpha value is -1.35. The molecule has 2 rings (SSSR count). The first-order valence-corrected chi connectivity index (χ1v) is 6.27. The lowest BCUT2D eigenvalue weighted by molar-refractivity contribution is 0.207. The normalized spacial score (nSPS) is 17.1. The lowest BCUT2D eigenvalue weighted by Gasteiger charge is -2.28. The van der Waals surface area contributed by atoms with Crippen molar-refractivity contribution in [3.8, 4) is 0 Å². The second-order valence-corrected chi connectivity index (χ2v) is 4.99. The molecule has 1 aliphatic carbocycles. The third-order valence-electron chi connectivity index (χ3n) is 3.48. The Morgan fingerprint density at radius 1 is 1.41 bits per heavy atom. The van der Waals surface area contributed by atoms with E-state index in [1.165, 1.54) is 18.4 Å². The maximum Gasteiger partial charge on any atom is 0.105 e. The van der Waals surface area contributed by atoms with Gasteiger partial charge in [-0.05, 0) is 31.2 Å². The fraction of sp³-hybridized carbons (Fsp3) is 0.500. The van der Waals surface area contributed by atoms with Crippen LogP contribution in [0.2, 0.25) is 0 Å². The number of hydrogen-bond acceptors (Lipinski definition) is 2. The molecule has 0 saturated heterocycles. The highest BCUT2D eigenvalue weighted by molar-refractivity contribution is 5.79. The van der Waals surface area contributed by atoms with Crippen molar-refractivity contribution >= 4 is 5.84 Å². The van der Waals surface area contributed by atoms with E-state index < -0.39 is 0 Å². The average molecular weight is 231 g/mol. The summed E-state index contributed by atoms with van der Waals surface area (Å²) in [7, 11) is 0. The van der Waals surface area contributed by atoms with Crippen LogP contribution < -0.4 is 5.73 Å². The van der Waals surface area contributed by atoms with Gasteiger partial charge in [-0.2, -0.15) is 0 Å². The van der Waals surface area contributed by atoms with Crippen LogP contribution in [-0.4, -0.2) is 23.3 Å². The SMILES string of the molecule is CC(C1CC1)N(CC(=N)N)Cc1ccccc1. The van der Waals surface area contributed by atoms with Gasteiger partial charge in [-0.25, -0.2) is 0 Å². The van der Waals surface area contributed by atoms with Gasteiger partial charge in [0.15, 0.2) is 0 Å². The van der Waals surface area contributed by atoms with Crippen LogP contribution in [0.1, 0.15) is 25.3 Å². The Labute approximate surface area is 103 Å². The van der Waals surface area contributed by atoms with Crippen molar-refractivity contribution in [2.24, 2.45) is 11.7 Å². The smallest absolute Gasteiger partial charge is 0.105 e. The van der Waals surface area contributed by atoms with Crippen molar-refractivity contribution in [1.29, 1.82) is 5.41 Å². The molecule has 0 aliphatic heterocycles. The molecule has 92 valence electrons. The van der Waals surface area contributed by atoms with E-state index in [0.29, 0.717) is 12.6 Å². The zero-order chi connectivity index (χ0) is 12.3. The van der Waals surface area contributed by atoms with Gasteiger partial charge in [0.05, 0.1) is 6.54 Å². The quantitative estimate of drug-likeness (QED) is 0.582. The molecule has 1 atom stereocenters. The second kappa shape index (κ2) is 5.32. The van der Waals surface area contributed by atoms with Crippen molar-refractivity contribution in [2.45, 2.75) is 32.4 Å². The predicted molar refractivity (Wildman–Crippen MR) is 71.0 cm³/mol. The summed E-state index contributed by atoms with van der Waals surface area (Å²) in [4.78, 5) is 2.31. The number of hydrogen-bond donors (Lipinski definition) is 2. The highest BCUT2D eigenvalue weighted by atomic mass is 15.2. The van der Waals surface area contributed by atoms with E-state index >= 15 is 0 Å². The fourth-order valence-electron chi connectivity index (χ4n) is 2.26. The summed E-state index contributed by atoms with van der Waals surface area (Å²) in [6, 6.07) is 10.9. The molecule has 0 radical (unpaired) electrons. The van der Waals surface area contributed by atoms with Gasteiger partial charge in [0.1, 0.15) is 5.84 Å². The third kappa shape index (κ3) is 3.56. The van der Waals surface area contributed by atoms with E-state index in [0.717, 1.165) is 12.5 Å². The van der Waals surface area contributed by atoms with Crippen LogP contribution in [0.5, 0.6) is 0 Å². The summed E-state index contributed by atoms with van der Waals surface area (Å²) in [5.74, 6) is 1.06. The molecule has 3 heteroatoms. The van der Waals surface area contributed by atoms with Crippen molar-refractivity contribution in [2.75, 3.05) is 6.54 Å². The first-order chi connectivity index (χ1) is 8.16. The average Bonchev–Trinajstić information content (AvgIpc) is 3.12. The topological polar surface area (TPSA) is 53.1 Å². The summed E-state index contributed by atoms with van der Waals surface area (Å²) < 4.78 is 0. The first kappa shape index (κ1) is 12.1. The van der Waals surface area contributed by atoms with Crippen LogP contribution in [0.4, 0.5) is 0 Å². The van der Waals surface area contributed by atoms with E-state index in [2.05, 4.69) is 36.1 Å². The Bertz CT molecular complexity index is 370. The summed E-state index contributed by atoms with van der Waals surface area (Å²) in [5.41, 5.74) is 6.84. The molecule has 1 saturated carbocycles. The number of nitrogens with zero attached hydrogens (tertiary/aromatic N) is 1. The minimum absolute atomic E-state index is 0.258. The summed E-state index contributed by atoms with van der Waals surface area (Å²) in [6.45, 7) is 3.72. The molecule has 0 heterocycles. The number of amidine groups is 1. The largest absolute Gasteiger partial charge is 0.387 e. The van der Waals surface area contributed by atoms with Crippen LogP contribution in [0.25, 0.3) is 0 Å². The van der Waals surface area contributed by atoms with Crippen molar-refractivity contribution in [1.82, 2.24) is 4.90 Å². The molecule has 1 fully saturated rings. The van der Waals surface area contributed by atoms with E-state index in [-0.39, 0.29) is 5.84 Å². The lowest BCUT2D eigenvalue weighted by atomic mass is 10.1. The molecule has 0 bridgehead atoms. The summed E-state index contributed by atoms with van der Waals surface area (Å²) >= 11 is 0. The van der Waals surface area contributed by atoms with Crippen LogP contribution in [0, 0.1) is 11.3 Å². The van der Waals surface area contributed by atoms with Gasteiger partial charge in [0.25, 0.3) is 0 Å². The lowest BCUT2D eigenvalue weighted by Crippen LogP contribution is -2.40. The molecule has 0 spiro atoms. The van der Waals surface area contributed by atoms with Gasteiger partial charge in [0.2, 0.25) is 0 Å². The molecule has 3 nitrogen and oxygen atoms in total. The number of nitrogens with one attached hydrogen (secondary N) is 1. The Kier molecular flexibility index (Phi) is 3.79. The van der Waals surface area contributed by atoms with Gasteiger partial charge in [-0.3, -0.25) is 10.3 Å². The van der Waals surface area contributed by atoms with Gasteiger partial charge >= 0.3 is 0 Å². The molecule has 17 heavy (non-hydrogen) atoms. The minimum atomic E-state index is 0.258. The second-order valence-electron chi connectivity index (χ2n) is 4.99. The minimum Gasteiger partial charge on any atom is -0.387 e. The van der Waals surface area contributed by atoms with E-state index in [4.69, 9.17) is 11.1 Å².